The first kappa shape index (κ1) is 14.7. The molecular formula is C15H23NO2. The van der Waals surface area contributed by atoms with Crippen molar-refractivity contribution < 1.29 is 9.90 Å². The molecule has 1 aromatic carbocycles. The first-order chi connectivity index (χ1) is 8.77. The van der Waals surface area contributed by atoms with E-state index >= 15 is 0 Å². The van der Waals surface area contributed by atoms with Gasteiger partial charge in [0.2, 0.25) is 5.91 Å². The van der Waals surface area contributed by atoms with Crippen molar-refractivity contribution in [3.8, 4) is 0 Å². The molecule has 0 saturated heterocycles. The lowest BCUT2D eigenvalue weighted by molar-refractivity contribution is -0.131. The first-order valence-corrected chi connectivity index (χ1v) is 6.70. The zero-order chi connectivity index (χ0) is 13.2. The normalized spacial score (nSPS) is 10.3. The van der Waals surface area contributed by atoms with Gasteiger partial charge in [-0.05, 0) is 31.7 Å². The Balaban J connectivity index is 2.35. The van der Waals surface area contributed by atoms with Gasteiger partial charge in [-0.3, -0.25) is 4.79 Å². The van der Waals surface area contributed by atoms with Gasteiger partial charge in [0, 0.05) is 26.1 Å². The number of hydrogen-bond acceptors (Lipinski definition) is 2. The maximum absolute atomic E-state index is 11.9. The summed E-state index contributed by atoms with van der Waals surface area (Å²) in [6, 6.07) is 10.2. The van der Waals surface area contributed by atoms with Gasteiger partial charge in [0.1, 0.15) is 0 Å². The average Bonchev–Trinajstić information content (AvgIpc) is 2.41. The van der Waals surface area contributed by atoms with Gasteiger partial charge in [0.15, 0.2) is 0 Å². The van der Waals surface area contributed by atoms with Crippen LogP contribution in [0.25, 0.3) is 0 Å². The molecule has 0 atom stereocenters. The molecule has 0 aliphatic carbocycles. The van der Waals surface area contributed by atoms with Crippen molar-refractivity contribution in [1.29, 1.82) is 0 Å². The molecule has 3 heteroatoms. The minimum absolute atomic E-state index is 0.170. The fourth-order valence-electron chi connectivity index (χ4n) is 1.91. The lowest BCUT2D eigenvalue weighted by Gasteiger charge is -2.20. The molecule has 0 radical (unpaired) electrons. The third kappa shape index (κ3) is 5.32. The van der Waals surface area contributed by atoms with Crippen molar-refractivity contribution in [2.24, 2.45) is 0 Å². The second kappa shape index (κ2) is 8.70. The Morgan fingerprint density at radius 1 is 1.22 bits per heavy atom. The van der Waals surface area contributed by atoms with Crippen molar-refractivity contribution in [2.75, 3.05) is 19.7 Å². The molecule has 1 amide bonds. The van der Waals surface area contributed by atoms with Crippen LogP contribution in [-0.2, 0) is 11.2 Å². The molecular weight excluding hydrogens is 226 g/mol. The summed E-state index contributed by atoms with van der Waals surface area (Å²) in [4.78, 5) is 13.8. The number of carbonyl (C=O) groups is 1. The quantitative estimate of drug-likeness (QED) is 0.718. The van der Waals surface area contributed by atoms with Crippen LogP contribution in [0.4, 0.5) is 0 Å². The molecule has 1 N–H and O–H groups in total. The fraction of sp³-hybridized carbons (Fsp3) is 0.533. The predicted molar refractivity (Wildman–Crippen MR) is 73.3 cm³/mol. The van der Waals surface area contributed by atoms with Crippen LogP contribution >= 0.6 is 0 Å². The lowest BCUT2D eigenvalue weighted by Crippen LogP contribution is -2.32. The summed E-state index contributed by atoms with van der Waals surface area (Å²) in [7, 11) is 0. The van der Waals surface area contributed by atoms with E-state index in [9.17, 15) is 4.79 Å². The van der Waals surface area contributed by atoms with Crippen molar-refractivity contribution in [3.63, 3.8) is 0 Å². The van der Waals surface area contributed by atoms with E-state index in [0.717, 1.165) is 25.9 Å². The topological polar surface area (TPSA) is 40.5 Å². The number of rotatable bonds is 8. The van der Waals surface area contributed by atoms with Crippen molar-refractivity contribution >= 4 is 5.91 Å². The molecule has 0 heterocycles. The summed E-state index contributed by atoms with van der Waals surface area (Å²) in [5.74, 6) is 0.196. The molecule has 0 bridgehead atoms. The van der Waals surface area contributed by atoms with Gasteiger partial charge in [0.05, 0.1) is 0 Å². The highest BCUT2D eigenvalue weighted by Gasteiger charge is 2.10. The molecule has 0 aromatic heterocycles. The number of likely N-dealkylation sites (N-methyl/N-ethyl adjacent to an activating group) is 1. The lowest BCUT2D eigenvalue weighted by atomic mass is 10.1. The summed E-state index contributed by atoms with van der Waals surface area (Å²) < 4.78 is 0. The molecule has 0 unspecified atom stereocenters. The Morgan fingerprint density at radius 2 is 1.94 bits per heavy atom. The largest absolute Gasteiger partial charge is 0.396 e. The van der Waals surface area contributed by atoms with E-state index < -0.39 is 0 Å². The van der Waals surface area contributed by atoms with Crippen molar-refractivity contribution in [3.05, 3.63) is 35.9 Å². The molecule has 0 spiro atoms. The van der Waals surface area contributed by atoms with Gasteiger partial charge in [0.25, 0.3) is 0 Å². The minimum atomic E-state index is 0.170. The molecule has 0 aliphatic heterocycles. The highest BCUT2D eigenvalue weighted by molar-refractivity contribution is 5.76. The first-order valence-electron chi connectivity index (χ1n) is 6.70. The van der Waals surface area contributed by atoms with Crippen LogP contribution in [0.5, 0.6) is 0 Å². The number of nitrogens with zero attached hydrogens (tertiary/aromatic N) is 1. The van der Waals surface area contributed by atoms with Crippen molar-refractivity contribution in [1.82, 2.24) is 4.90 Å². The van der Waals surface area contributed by atoms with E-state index in [2.05, 4.69) is 12.1 Å². The van der Waals surface area contributed by atoms with Crippen LogP contribution in [0.1, 0.15) is 31.7 Å². The van der Waals surface area contributed by atoms with Crippen LogP contribution in [0, 0.1) is 0 Å². The number of aliphatic hydroxyl groups is 1. The monoisotopic (exact) mass is 249 g/mol. The molecule has 0 saturated carbocycles. The zero-order valence-corrected chi connectivity index (χ0v) is 11.1. The number of benzene rings is 1. The molecule has 100 valence electrons. The minimum Gasteiger partial charge on any atom is -0.396 e. The highest BCUT2D eigenvalue weighted by atomic mass is 16.3. The zero-order valence-electron chi connectivity index (χ0n) is 11.1. The molecule has 1 aromatic rings. The molecule has 18 heavy (non-hydrogen) atoms. The second-order valence-electron chi connectivity index (χ2n) is 4.39. The standard InChI is InChI=1S/C15H23NO2/c1-2-16(15(18)10-6-7-13-17)12-11-14-8-4-3-5-9-14/h3-5,8-9,17H,2,6-7,10-13H2,1H3. The van der Waals surface area contributed by atoms with Gasteiger partial charge >= 0.3 is 0 Å². The Morgan fingerprint density at radius 3 is 2.56 bits per heavy atom. The predicted octanol–water partition coefficient (Wildman–Crippen LogP) is 2.24. The maximum Gasteiger partial charge on any atom is 0.222 e. The second-order valence-corrected chi connectivity index (χ2v) is 4.39. The van der Waals surface area contributed by atoms with E-state index in [0.29, 0.717) is 12.8 Å². The SMILES string of the molecule is CCN(CCc1ccccc1)C(=O)CCCCO. The summed E-state index contributed by atoms with van der Waals surface area (Å²) in [6.07, 6.45) is 2.93. The molecule has 0 aliphatic rings. The van der Waals surface area contributed by atoms with Gasteiger partial charge in [-0.2, -0.15) is 0 Å². The number of amides is 1. The third-order valence-electron chi connectivity index (χ3n) is 3.05. The Kier molecular flexibility index (Phi) is 7.11. The fourth-order valence-corrected chi connectivity index (χ4v) is 1.91. The summed E-state index contributed by atoms with van der Waals surface area (Å²) >= 11 is 0. The van der Waals surface area contributed by atoms with Crippen LogP contribution in [-0.4, -0.2) is 35.6 Å². The number of aliphatic hydroxyl groups excluding tert-OH is 1. The van der Waals surface area contributed by atoms with Gasteiger partial charge in [-0.1, -0.05) is 30.3 Å². The van der Waals surface area contributed by atoms with Crippen LogP contribution in [0.15, 0.2) is 30.3 Å². The van der Waals surface area contributed by atoms with E-state index in [4.69, 9.17) is 5.11 Å². The highest BCUT2D eigenvalue weighted by Crippen LogP contribution is 2.05. The van der Waals surface area contributed by atoms with Gasteiger partial charge in [-0.15, -0.1) is 0 Å². The van der Waals surface area contributed by atoms with Crippen LogP contribution in [0.3, 0.4) is 0 Å². The molecule has 0 fully saturated rings. The molecule has 1 rings (SSSR count). The Bertz CT molecular complexity index is 338. The van der Waals surface area contributed by atoms with E-state index in [1.54, 1.807) is 0 Å². The summed E-state index contributed by atoms with van der Waals surface area (Å²) in [5.41, 5.74) is 1.26. The maximum atomic E-state index is 11.9. The van der Waals surface area contributed by atoms with Crippen LogP contribution in [0.2, 0.25) is 0 Å². The number of carbonyl (C=O) groups excluding carboxylic acids is 1. The average molecular weight is 249 g/mol. The number of unbranched alkanes of at least 4 members (excludes halogenated alkanes) is 1. The van der Waals surface area contributed by atoms with E-state index in [1.165, 1.54) is 5.56 Å². The van der Waals surface area contributed by atoms with Gasteiger partial charge < -0.3 is 10.0 Å². The smallest absolute Gasteiger partial charge is 0.222 e. The van der Waals surface area contributed by atoms with E-state index in [-0.39, 0.29) is 12.5 Å². The number of hydrogen-bond donors (Lipinski definition) is 1. The van der Waals surface area contributed by atoms with Crippen LogP contribution < -0.4 is 0 Å². The third-order valence-corrected chi connectivity index (χ3v) is 3.05. The van der Waals surface area contributed by atoms with Gasteiger partial charge in [-0.25, -0.2) is 0 Å². The van der Waals surface area contributed by atoms with Crippen molar-refractivity contribution in [2.45, 2.75) is 32.6 Å². The summed E-state index contributed by atoms with van der Waals surface area (Å²) in [6.45, 7) is 3.71. The Hall–Kier alpha value is -1.35. The van der Waals surface area contributed by atoms with E-state index in [1.807, 2.05) is 30.0 Å². The molecule has 3 nitrogen and oxygen atoms in total. The summed E-state index contributed by atoms with van der Waals surface area (Å²) in [5, 5.41) is 8.70. The Labute approximate surface area is 109 Å².